The zero-order valence-electron chi connectivity index (χ0n) is 10.9. The van der Waals surface area contributed by atoms with Gasteiger partial charge < -0.3 is 0 Å². The Labute approximate surface area is 111 Å². The zero-order chi connectivity index (χ0) is 11.9. The molecule has 1 heteroatoms. The number of hydrogen-bond donors (Lipinski definition) is 0. The van der Waals surface area contributed by atoms with Crippen LogP contribution in [0.5, 0.6) is 0 Å². The summed E-state index contributed by atoms with van der Waals surface area (Å²) in [5.74, 6) is 6.57. The number of hydrogen-bond acceptors (Lipinski definition) is 0. The van der Waals surface area contributed by atoms with Crippen LogP contribution in [0.1, 0.15) is 77.6 Å². The fraction of sp³-hybridized carbons (Fsp3) is 0.867. The van der Waals surface area contributed by atoms with Gasteiger partial charge in [0.05, 0.1) is 0 Å². The van der Waals surface area contributed by atoms with Crippen molar-refractivity contribution in [3.63, 3.8) is 0 Å². The quantitative estimate of drug-likeness (QED) is 0.275. The zero-order valence-corrected chi connectivity index (χ0v) is 12.4. The highest BCUT2D eigenvalue weighted by molar-refractivity contribution is 9.09. The molecule has 0 saturated carbocycles. The molecule has 0 N–H and O–H groups in total. The summed E-state index contributed by atoms with van der Waals surface area (Å²) >= 11 is 3.44. The van der Waals surface area contributed by atoms with E-state index in [1.54, 1.807) is 0 Å². The summed E-state index contributed by atoms with van der Waals surface area (Å²) in [6.07, 6.45) is 14.3. The van der Waals surface area contributed by atoms with E-state index in [0.717, 1.165) is 18.2 Å². The molecule has 0 spiro atoms. The van der Waals surface area contributed by atoms with Crippen molar-refractivity contribution in [3.8, 4) is 11.8 Å². The van der Waals surface area contributed by atoms with Gasteiger partial charge in [0.1, 0.15) is 0 Å². The monoisotopic (exact) mass is 286 g/mol. The van der Waals surface area contributed by atoms with E-state index >= 15 is 0 Å². The molecule has 0 aromatic heterocycles. The van der Waals surface area contributed by atoms with E-state index in [1.807, 2.05) is 0 Å². The van der Waals surface area contributed by atoms with Gasteiger partial charge in [-0.3, -0.25) is 0 Å². The van der Waals surface area contributed by atoms with Gasteiger partial charge in [-0.15, -0.1) is 11.8 Å². The molecule has 94 valence electrons. The van der Waals surface area contributed by atoms with Gasteiger partial charge in [-0.1, -0.05) is 61.4 Å². The predicted molar refractivity (Wildman–Crippen MR) is 78.0 cm³/mol. The van der Waals surface area contributed by atoms with E-state index in [1.165, 1.54) is 57.8 Å². The molecular weight excluding hydrogens is 260 g/mol. The van der Waals surface area contributed by atoms with E-state index in [9.17, 15) is 0 Å². The number of alkyl halides is 1. The van der Waals surface area contributed by atoms with E-state index < -0.39 is 0 Å². The predicted octanol–water partition coefficient (Wildman–Crippen LogP) is 5.70. The molecule has 0 radical (unpaired) electrons. The highest BCUT2D eigenvalue weighted by atomic mass is 79.9. The summed E-state index contributed by atoms with van der Waals surface area (Å²) in [7, 11) is 0. The van der Waals surface area contributed by atoms with Crippen LogP contribution < -0.4 is 0 Å². The first kappa shape index (κ1) is 16.0. The van der Waals surface area contributed by atoms with Gasteiger partial charge in [-0.2, -0.15) is 0 Å². The number of rotatable bonds is 10. The van der Waals surface area contributed by atoms with E-state index in [4.69, 9.17) is 0 Å². The Balaban J connectivity index is 3.03. The Hall–Kier alpha value is 0.0400. The van der Waals surface area contributed by atoms with Gasteiger partial charge in [0.25, 0.3) is 0 Å². The molecule has 0 fully saturated rings. The van der Waals surface area contributed by atoms with Gasteiger partial charge in [0, 0.05) is 18.2 Å². The lowest BCUT2D eigenvalue weighted by molar-refractivity contribution is 0.613. The van der Waals surface area contributed by atoms with Gasteiger partial charge in [-0.25, -0.2) is 0 Å². The molecule has 0 aromatic rings. The minimum Gasteiger partial charge on any atom is -0.103 e. The van der Waals surface area contributed by atoms with Crippen LogP contribution in [0, 0.1) is 11.8 Å². The lowest BCUT2D eigenvalue weighted by atomic mass is 10.1. The second-order valence-corrected chi connectivity index (χ2v) is 5.16. The maximum Gasteiger partial charge on any atom is 0.00886 e. The molecule has 0 rings (SSSR count). The van der Waals surface area contributed by atoms with Crippen LogP contribution in [0.3, 0.4) is 0 Å². The molecule has 0 unspecified atom stereocenters. The summed E-state index contributed by atoms with van der Waals surface area (Å²) in [6.45, 7) is 2.26. The Morgan fingerprint density at radius 3 is 1.75 bits per heavy atom. The van der Waals surface area contributed by atoms with Crippen LogP contribution in [-0.4, -0.2) is 5.33 Å². The van der Waals surface area contributed by atoms with Crippen molar-refractivity contribution in [1.29, 1.82) is 0 Å². The average molecular weight is 287 g/mol. The second kappa shape index (κ2) is 15.0. The molecule has 0 aliphatic carbocycles. The third-order valence-electron chi connectivity index (χ3n) is 2.72. The van der Waals surface area contributed by atoms with Crippen molar-refractivity contribution < 1.29 is 0 Å². The van der Waals surface area contributed by atoms with Crippen LogP contribution in [-0.2, 0) is 0 Å². The maximum atomic E-state index is 3.44. The molecule has 0 bridgehead atoms. The van der Waals surface area contributed by atoms with Crippen molar-refractivity contribution in [1.82, 2.24) is 0 Å². The van der Waals surface area contributed by atoms with Gasteiger partial charge in [0.2, 0.25) is 0 Å². The van der Waals surface area contributed by atoms with Crippen LogP contribution in [0.2, 0.25) is 0 Å². The van der Waals surface area contributed by atoms with Crippen LogP contribution in [0.25, 0.3) is 0 Å². The normalized spacial score (nSPS) is 9.88. The summed E-state index contributed by atoms with van der Waals surface area (Å²) in [4.78, 5) is 0. The molecule has 0 aromatic carbocycles. The molecule has 0 aliphatic rings. The summed E-state index contributed by atoms with van der Waals surface area (Å²) < 4.78 is 0. The molecule has 0 amide bonds. The van der Waals surface area contributed by atoms with Crippen molar-refractivity contribution >= 4 is 15.9 Å². The lowest BCUT2D eigenvalue weighted by Crippen LogP contribution is -1.78. The second-order valence-electron chi connectivity index (χ2n) is 4.37. The lowest BCUT2D eigenvalue weighted by Gasteiger charge is -1.96. The third kappa shape index (κ3) is 14.0. The highest BCUT2D eigenvalue weighted by Gasteiger charge is 1.88. The summed E-state index contributed by atoms with van der Waals surface area (Å²) in [5, 5.41) is 1.14. The SMILES string of the molecule is CCCCCCCCC#CCCCCCBr. The van der Waals surface area contributed by atoms with Crippen molar-refractivity contribution in [2.75, 3.05) is 5.33 Å². The van der Waals surface area contributed by atoms with Crippen LogP contribution in [0.4, 0.5) is 0 Å². The first-order chi connectivity index (χ1) is 7.91. The van der Waals surface area contributed by atoms with Gasteiger partial charge in [0.15, 0.2) is 0 Å². The first-order valence-corrected chi connectivity index (χ1v) is 8.05. The minimum atomic E-state index is 1.10. The molecule has 0 nitrogen and oxygen atoms in total. The topological polar surface area (TPSA) is 0 Å². The smallest absolute Gasteiger partial charge is 0.00886 e. The van der Waals surface area contributed by atoms with E-state index in [2.05, 4.69) is 34.7 Å². The maximum absolute atomic E-state index is 3.44. The largest absolute Gasteiger partial charge is 0.103 e. The Morgan fingerprint density at radius 2 is 1.19 bits per heavy atom. The van der Waals surface area contributed by atoms with Gasteiger partial charge >= 0.3 is 0 Å². The molecule has 0 heterocycles. The Bertz CT molecular complexity index is 176. The molecular formula is C15H27Br. The summed E-state index contributed by atoms with van der Waals surface area (Å²) in [6, 6.07) is 0. The van der Waals surface area contributed by atoms with Crippen LogP contribution in [0.15, 0.2) is 0 Å². The standard InChI is InChI=1S/C15H27Br/c1-2-3-4-5-6-7-8-9-10-11-12-13-14-15-16/h2-8,11-15H2,1H3. The molecule has 0 saturated heterocycles. The third-order valence-corrected chi connectivity index (χ3v) is 3.28. The van der Waals surface area contributed by atoms with E-state index in [-0.39, 0.29) is 0 Å². The summed E-state index contributed by atoms with van der Waals surface area (Å²) in [5.41, 5.74) is 0. The first-order valence-electron chi connectivity index (χ1n) is 6.93. The van der Waals surface area contributed by atoms with E-state index in [0.29, 0.717) is 0 Å². The molecule has 16 heavy (non-hydrogen) atoms. The van der Waals surface area contributed by atoms with Crippen LogP contribution >= 0.6 is 15.9 Å². The number of unbranched alkanes of at least 4 members (excludes halogenated alkanes) is 9. The molecule has 0 atom stereocenters. The number of halogens is 1. The fourth-order valence-corrected chi connectivity index (χ4v) is 2.05. The van der Waals surface area contributed by atoms with Crippen molar-refractivity contribution in [2.24, 2.45) is 0 Å². The van der Waals surface area contributed by atoms with Crippen molar-refractivity contribution in [2.45, 2.75) is 77.6 Å². The highest BCUT2D eigenvalue weighted by Crippen LogP contribution is 2.06. The minimum absolute atomic E-state index is 1.10. The molecule has 0 aliphatic heterocycles. The Kier molecular flexibility index (Phi) is 15.1. The van der Waals surface area contributed by atoms with Crippen molar-refractivity contribution in [3.05, 3.63) is 0 Å². The van der Waals surface area contributed by atoms with Gasteiger partial charge in [-0.05, 0) is 19.3 Å². The Morgan fingerprint density at radius 1 is 0.688 bits per heavy atom. The average Bonchev–Trinajstić information content (AvgIpc) is 2.31. The fourth-order valence-electron chi connectivity index (χ4n) is 1.66.